The molecule has 1 rings (SSSR count). The van der Waals surface area contributed by atoms with Crippen molar-refractivity contribution in [1.29, 1.82) is 0 Å². The first-order valence-corrected chi connectivity index (χ1v) is 6.75. The summed E-state index contributed by atoms with van der Waals surface area (Å²) in [4.78, 5) is 0. The molecule has 0 atom stereocenters. The lowest BCUT2D eigenvalue weighted by Crippen LogP contribution is -2.12. The molecule has 0 heterocycles. The standard InChI is InChI=1S/C13H18BrFO4/c1-16-2-3-17-4-5-18-6-7-19-13-9-11(14)8-12(15)10-13/h8-10H,2-7H2,1H3. The van der Waals surface area contributed by atoms with Gasteiger partial charge in [-0.3, -0.25) is 0 Å². The minimum absolute atomic E-state index is 0.336. The lowest BCUT2D eigenvalue weighted by molar-refractivity contribution is 0.0179. The smallest absolute Gasteiger partial charge is 0.128 e. The van der Waals surface area contributed by atoms with Crippen molar-refractivity contribution >= 4 is 15.9 Å². The molecule has 0 bridgehead atoms. The van der Waals surface area contributed by atoms with E-state index in [1.807, 2.05) is 0 Å². The van der Waals surface area contributed by atoms with Gasteiger partial charge in [0.05, 0.1) is 33.0 Å². The Morgan fingerprint density at radius 2 is 1.58 bits per heavy atom. The molecule has 0 N–H and O–H groups in total. The lowest BCUT2D eigenvalue weighted by Gasteiger charge is -2.08. The van der Waals surface area contributed by atoms with Gasteiger partial charge in [-0.15, -0.1) is 0 Å². The molecule has 108 valence electrons. The van der Waals surface area contributed by atoms with Crippen LogP contribution in [0, 0.1) is 5.82 Å². The molecule has 6 heteroatoms. The molecule has 0 aromatic heterocycles. The Labute approximate surface area is 120 Å². The van der Waals surface area contributed by atoms with Gasteiger partial charge in [-0.25, -0.2) is 4.39 Å². The topological polar surface area (TPSA) is 36.9 Å². The van der Waals surface area contributed by atoms with E-state index in [9.17, 15) is 4.39 Å². The van der Waals surface area contributed by atoms with Crippen LogP contribution in [0.1, 0.15) is 0 Å². The van der Waals surface area contributed by atoms with Crippen molar-refractivity contribution in [2.45, 2.75) is 0 Å². The zero-order valence-electron chi connectivity index (χ0n) is 10.9. The van der Waals surface area contributed by atoms with Crippen LogP contribution in [0.25, 0.3) is 0 Å². The van der Waals surface area contributed by atoms with E-state index in [0.717, 1.165) is 0 Å². The molecule has 19 heavy (non-hydrogen) atoms. The molecule has 1 aromatic rings. The number of rotatable bonds is 10. The van der Waals surface area contributed by atoms with Gasteiger partial charge in [-0.1, -0.05) is 15.9 Å². The van der Waals surface area contributed by atoms with Gasteiger partial charge in [0.25, 0.3) is 0 Å². The molecule has 0 amide bonds. The molecule has 0 saturated carbocycles. The molecule has 0 unspecified atom stereocenters. The summed E-state index contributed by atoms with van der Waals surface area (Å²) in [5.74, 6) is 0.142. The molecule has 0 saturated heterocycles. The summed E-state index contributed by atoms with van der Waals surface area (Å²) in [7, 11) is 1.63. The quantitative estimate of drug-likeness (QED) is 0.615. The number of benzene rings is 1. The van der Waals surface area contributed by atoms with E-state index >= 15 is 0 Å². The SMILES string of the molecule is COCCOCCOCCOc1cc(F)cc(Br)c1. The van der Waals surface area contributed by atoms with Gasteiger partial charge in [-0.05, 0) is 12.1 Å². The van der Waals surface area contributed by atoms with Crippen LogP contribution in [0.3, 0.4) is 0 Å². The van der Waals surface area contributed by atoms with Crippen molar-refractivity contribution in [2.75, 3.05) is 46.8 Å². The van der Waals surface area contributed by atoms with Crippen molar-refractivity contribution in [2.24, 2.45) is 0 Å². The van der Waals surface area contributed by atoms with E-state index in [2.05, 4.69) is 15.9 Å². The fourth-order valence-electron chi connectivity index (χ4n) is 1.29. The highest BCUT2D eigenvalue weighted by molar-refractivity contribution is 9.10. The summed E-state index contributed by atoms with van der Waals surface area (Å²) >= 11 is 3.20. The predicted octanol–water partition coefficient (Wildman–Crippen LogP) is 2.65. The molecular weight excluding hydrogens is 319 g/mol. The molecular formula is C13H18BrFO4. The van der Waals surface area contributed by atoms with Crippen LogP contribution in [0.2, 0.25) is 0 Å². The predicted molar refractivity (Wildman–Crippen MR) is 73.1 cm³/mol. The summed E-state index contributed by atoms with van der Waals surface area (Å²) in [6.07, 6.45) is 0. The third-order valence-electron chi connectivity index (χ3n) is 2.14. The zero-order chi connectivity index (χ0) is 13.9. The summed E-state index contributed by atoms with van der Waals surface area (Å²) in [6.45, 7) is 2.97. The van der Waals surface area contributed by atoms with E-state index in [1.54, 1.807) is 13.2 Å². The minimum atomic E-state index is -0.336. The molecule has 0 spiro atoms. The number of methoxy groups -OCH3 is 1. The second kappa shape index (κ2) is 10.1. The van der Waals surface area contributed by atoms with Gasteiger partial charge < -0.3 is 18.9 Å². The van der Waals surface area contributed by atoms with E-state index in [0.29, 0.717) is 49.9 Å². The van der Waals surface area contributed by atoms with Crippen molar-refractivity contribution in [3.05, 3.63) is 28.5 Å². The van der Waals surface area contributed by atoms with Crippen molar-refractivity contribution < 1.29 is 23.3 Å². The Balaban J connectivity index is 2.01. The first-order chi connectivity index (χ1) is 9.22. The van der Waals surface area contributed by atoms with Gasteiger partial charge in [0.2, 0.25) is 0 Å². The molecule has 1 aromatic carbocycles. The summed E-state index contributed by atoms with van der Waals surface area (Å²) in [6, 6.07) is 4.41. The second-order valence-corrected chi connectivity index (χ2v) is 4.59. The number of hydrogen-bond donors (Lipinski definition) is 0. The number of halogens is 2. The first-order valence-electron chi connectivity index (χ1n) is 5.95. The van der Waals surface area contributed by atoms with E-state index in [-0.39, 0.29) is 5.82 Å². The number of hydrogen-bond acceptors (Lipinski definition) is 4. The highest BCUT2D eigenvalue weighted by atomic mass is 79.9. The summed E-state index contributed by atoms with van der Waals surface area (Å²) < 4.78 is 34.4. The van der Waals surface area contributed by atoms with Gasteiger partial charge in [0.15, 0.2) is 0 Å². The van der Waals surface area contributed by atoms with Gasteiger partial charge in [0, 0.05) is 17.6 Å². The Morgan fingerprint density at radius 1 is 0.947 bits per heavy atom. The fourth-order valence-corrected chi connectivity index (χ4v) is 1.74. The minimum Gasteiger partial charge on any atom is -0.491 e. The maximum absolute atomic E-state index is 13.0. The Kier molecular flexibility index (Phi) is 8.73. The van der Waals surface area contributed by atoms with Crippen molar-refractivity contribution in [1.82, 2.24) is 0 Å². The Morgan fingerprint density at radius 3 is 2.21 bits per heavy atom. The molecule has 0 fully saturated rings. The van der Waals surface area contributed by atoms with Gasteiger partial charge in [0.1, 0.15) is 18.2 Å². The largest absolute Gasteiger partial charge is 0.491 e. The lowest BCUT2D eigenvalue weighted by atomic mass is 10.3. The van der Waals surface area contributed by atoms with Crippen LogP contribution in [0.15, 0.2) is 22.7 Å². The highest BCUT2D eigenvalue weighted by Crippen LogP contribution is 2.20. The van der Waals surface area contributed by atoms with Gasteiger partial charge in [-0.2, -0.15) is 0 Å². The van der Waals surface area contributed by atoms with Crippen molar-refractivity contribution in [3.8, 4) is 5.75 Å². The summed E-state index contributed by atoms with van der Waals surface area (Å²) in [5, 5.41) is 0. The van der Waals surface area contributed by atoms with Gasteiger partial charge >= 0.3 is 0 Å². The maximum atomic E-state index is 13.0. The highest BCUT2D eigenvalue weighted by Gasteiger charge is 1.99. The van der Waals surface area contributed by atoms with Crippen LogP contribution in [-0.2, 0) is 14.2 Å². The van der Waals surface area contributed by atoms with Crippen LogP contribution in [0.5, 0.6) is 5.75 Å². The van der Waals surface area contributed by atoms with Crippen LogP contribution >= 0.6 is 15.9 Å². The summed E-state index contributed by atoms with van der Waals surface area (Å²) in [5.41, 5.74) is 0. The Hall–Kier alpha value is -0.690. The van der Waals surface area contributed by atoms with Crippen LogP contribution in [-0.4, -0.2) is 46.8 Å². The number of ether oxygens (including phenoxy) is 4. The molecule has 4 nitrogen and oxygen atoms in total. The fraction of sp³-hybridized carbons (Fsp3) is 0.538. The van der Waals surface area contributed by atoms with E-state index < -0.39 is 0 Å². The van der Waals surface area contributed by atoms with E-state index in [4.69, 9.17) is 18.9 Å². The molecule has 0 aliphatic rings. The second-order valence-electron chi connectivity index (χ2n) is 3.67. The Bertz CT molecular complexity index is 342. The van der Waals surface area contributed by atoms with E-state index in [1.165, 1.54) is 12.1 Å². The molecule has 0 aliphatic heterocycles. The third-order valence-corrected chi connectivity index (χ3v) is 2.59. The van der Waals surface area contributed by atoms with Crippen molar-refractivity contribution in [3.63, 3.8) is 0 Å². The first kappa shape index (κ1) is 16.4. The maximum Gasteiger partial charge on any atom is 0.128 e. The zero-order valence-corrected chi connectivity index (χ0v) is 12.4. The van der Waals surface area contributed by atoms with Crippen LogP contribution < -0.4 is 4.74 Å². The average Bonchev–Trinajstić information content (AvgIpc) is 2.36. The average molecular weight is 337 g/mol. The molecule has 0 aliphatic carbocycles. The third kappa shape index (κ3) is 8.15. The monoisotopic (exact) mass is 336 g/mol. The molecule has 0 radical (unpaired) electrons. The van der Waals surface area contributed by atoms with Crippen LogP contribution in [0.4, 0.5) is 4.39 Å². The normalized spacial score (nSPS) is 10.7.